The highest BCUT2D eigenvalue weighted by atomic mass is 32.1. The molecule has 3 rings (SSSR count). The first kappa shape index (κ1) is 12.9. The number of hydrogen-bond donors (Lipinski definition) is 1. The molecule has 8 heteroatoms. The third-order valence-corrected chi connectivity index (χ3v) is 3.51. The molecule has 0 aliphatic heterocycles. The Balaban J connectivity index is 1.73. The minimum atomic E-state index is -0.588. The second-order valence-electron chi connectivity index (χ2n) is 4.29. The predicted molar refractivity (Wildman–Crippen MR) is 72.0 cm³/mol. The molecular formula is C12H13N5O2S. The van der Waals surface area contributed by atoms with E-state index >= 15 is 0 Å². The molecule has 20 heavy (non-hydrogen) atoms. The summed E-state index contributed by atoms with van der Waals surface area (Å²) in [4.78, 5) is 4.30. The summed E-state index contributed by atoms with van der Waals surface area (Å²) in [7, 11) is 0. The van der Waals surface area contributed by atoms with Crippen LogP contribution in [0.5, 0.6) is 0 Å². The summed E-state index contributed by atoms with van der Waals surface area (Å²) in [6.07, 6.45) is 1.70. The molecule has 0 radical (unpaired) electrons. The Kier molecular flexibility index (Phi) is 3.57. The van der Waals surface area contributed by atoms with Crippen molar-refractivity contribution in [2.24, 2.45) is 0 Å². The monoisotopic (exact) mass is 291 g/mol. The van der Waals surface area contributed by atoms with Gasteiger partial charge in [0, 0.05) is 5.38 Å². The smallest absolute Gasteiger partial charge is 0.258 e. The lowest BCUT2D eigenvalue weighted by Gasteiger charge is -2.00. The lowest BCUT2D eigenvalue weighted by molar-refractivity contribution is 0.168. The highest BCUT2D eigenvalue weighted by Gasteiger charge is 2.13. The zero-order valence-electron chi connectivity index (χ0n) is 10.8. The third kappa shape index (κ3) is 2.61. The second-order valence-corrected chi connectivity index (χ2v) is 5.07. The highest BCUT2D eigenvalue weighted by molar-refractivity contribution is 7.08. The topological polar surface area (TPSA) is 89.9 Å². The van der Waals surface area contributed by atoms with Crippen LogP contribution in [-0.4, -0.2) is 30.2 Å². The first-order valence-electron chi connectivity index (χ1n) is 6.19. The van der Waals surface area contributed by atoms with Gasteiger partial charge in [-0.2, -0.15) is 16.3 Å². The average molecular weight is 291 g/mol. The van der Waals surface area contributed by atoms with Gasteiger partial charge in [-0.3, -0.25) is 0 Å². The van der Waals surface area contributed by atoms with Crippen LogP contribution in [0.2, 0.25) is 0 Å². The fraction of sp³-hybridized carbons (Fsp3) is 0.333. The molecule has 0 bridgehead atoms. The van der Waals surface area contributed by atoms with Crippen molar-refractivity contribution in [3.8, 4) is 11.5 Å². The minimum absolute atomic E-state index is 0.358. The number of aliphatic hydroxyl groups is 1. The normalized spacial score (nSPS) is 12.7. The second kappa shape index (κ2) is 5.51. The Bertz CT molecular complexity index is 676. The molecule has 104 valence electrons. The van der Waals surface area contributed by atoms with Crippen molar-refractivity contribution in [2.75, 3.05) is 0 Å². The maximum atomic E-state index is 9.67. The summed E-state index contributed by atoms with van der Waals surface area (Å²) >= 11 is 1.57. The molecule has 7 nitrogen and oxygen atoms in total. The van der Waals surface area contributed by atoms with E-state index in [1.807, 2.05) is 23.8 Å². The number of aromatic nitrogens is 5. The molecule has 1 N–H and O–H groups in total. The van der Waals surface area contributed by atoms with Crippen LogP contribution in [0.4, 0.5) is 0 Å². The highest BCUT2D eigenvalue weighted by Crippen LogP contribution is 2.20. The van der Waals surface area contributed by atoms with Gasteiger partial charge in [0.2, 0.25) is 0 Å². The Hall–Kier alpha value is -2.06. The van der Waals surface area contributed by atoms with Crippen molar-refractivity contribution >= 4 is 11.3 Å². The number of thiophene rings is 1. The Labute approximate surface area is 118 Å². The maximum Gasteiger partial charge on any atom is 0.258 e. The van der Waals surface area contributed by atoms with E-state index < -0.39 is 6.10 Å². The van der Waals surface area contributed by atoms with Gasteiger partial charge in [0.1, 0.15) is 12.2 Å². The molecule has 0 fully saturated rings. The summed E-state index contributed by atoms with van der Waals surface area (Å²) in [5.74, 6) is 1.02. The van der Waals surface area contributed by atoms with Crippen LogP contribution < -0.4 is 0 Å². The van der Waals surface area contributed by atoms with E-state index in [1.54, 1.807) is 22.2 Å². The van der Waals surface area contributed by atoms with Crippen molar-refractivity contribution < 1.29 is 9.63 Å². The molecule has 0 aliphatic carbocycles. The van der Waals surface area contributed by atoms with Gasteiger partial charge in [-0.15, -0.1) is 5.10 Å². The van der Waals surface area contributed by atoms with E-state index in [2.05, 4.69) is 20.5 Å². The largest absolute Gasteiger partial charge is 0.387 e. The molecule has 1 atom stereocenters. The molecule has 1 unspecified atom stereocenters. The average Bonchev–Trinajstić information content (AvgIpc) is 3.19. The molecule has 3 heterocycles. The Morgan fingerprint density at radius 3 is 3.15 bits per heavy atom. The van der Waals surface area contributed by atoms with E-state index in [9.17, 15) is 5.11 Å². The summed E-state index contributed by atoms with van der Waals surface area (Å²) < 4.78 is 6.77. The van der Waals surface area contributed by atoms with Crippen LogP contribution in [0.15, 0.2) is 27.5 Å². The fourth-order valence-corrected chi connectivity index (χ4v) is 2.35. The van der Waals surface area contributed by atoms with Crippen molar-refractivity contribution in [2.45, 2.75) is 26.0 Å². The van der Waals surface area contributed by atoms with E-state index in [-0.39, 0.29) is 0 Å². The molecule has 0 aliphatic rings. The predicted octanol–water partition coefficient (Wildman–Crippen LogP) is 1.88. The lowest BCUT2D eigenvalue weighted by Crippen LogP contribution is -2.02. The quantitative estimate of drug-likeness (QED) is 0.772. The molecule has 0 amide bonds. The van der Waals surface area contributed by atoms with Gasteiger partial charge in [-0.25, -0.2) is 4.68 Å². The molecule has 3 aromatic heterocycles. The maximum absolute atomic E-state index is 9.67. The molecule has 3 aromatic rings. The van der Waals surface area contributed by atoms with Gasteiger partial charge in [0.15, 0.2) is 5.82 Å². The van der Waals surface area contributed by atoms with Gasteiger partial charge < -0.3 is 9.63 Å². The first-order valence-corrected chi connectivity index (χ1v) is 7.13. The number of nitrogens with zero attached hydrogens (tertiary/aromatic N) is 5. The van der Waals surface area contributed by atoms with Crippen LogP contribution in [0.1, 0.15) is 31.0 Å². The number of hydrogen-bond acceptors (Lipinski definition) is 7. The Morgan fingerprint density at radius 2 is 2.40 bits per heavy atom. The van der Waals surface area contributed by atoms with Crippen molar-refractivity contribution in [3.05, 3.63) is 34.5 Å². The van der Waals surface area contributed by atoms with Crippen molar-refractivity contribution in [1.29, 1.82) is 0 Å². The summed E-state index contributed by atoms with van der Waals surface area (Å²) in [5, 5.41) is 25.3. The van der Waals surface area contributed by atoms with Crippen LogP contribution in [0, 0.1) is 0 Å². The van der Waals surface area contributed by atoms with Crippen LogP contribution >= 0.6 is 11.3 Å². The van der Waals surface area contributed by atoms with Crippen LogP contribution in [-0.2, 0) is 6.54 Å². The van der Waals surface area contributed by atoms with E-state index in [1.165, 1.54) is 0 Å². The SMILES string of the molecule is CCC(O)c1cn(Cc2noc(-c3ccsc3)n2)nn1. The lowest BCUT2D eigenvalue weighted by atomic mass is 10.2. The van der Waals surface area contributed by atoms with E-state index in [0.717, 1.165) is 5.56 Å². The van der Waals surface area contributed by atoms with Crippen LogP contribution in [0.25, 0.3) is 11.5 Å². The summed E-state index contributed by atoms with van der Waals surface area (Å²) in [6, 6.07) is 1.92. The molecular weight excluding hydrogens is 278 g/mol. The minimum Gasteiger partial charge on any atom is -0.387 e. The van der Waals surface area contributed by atoms with Crippen molar-refractivity contribution in [1.82, 2.24) is 25.1 Å². The van der Waals surface area contributed by atoms with Gasteiger partial charge >= 0.3 is 0 Å². The third-order valence-electron chi connectivity index (χ3n) is 2.82. The van der Waals surface area contributed by atoms with E-state index in [4.69, 9.17) is 4.52 Å². The first-order chi connectivity index (χ1) is 9.76. The fourth-order valence-electron chi connectivity index (χ4n) is 1.72. The molecule has 0 saturated heterocycles. The molecule has 0 saturated carbocycles. The molecule has 0 aromatic carbocycles. The summed E-state index contributed by atoms with van der Waals surface area (Å²) in [6.45, 7) is 2.24. The van der Waals surface area contributed by atoms with Gasteiger partial charge in [-0.1, -0.05) is 17.3 Å². The van der Waals surface area contributed by atoms with Crippen molar-refractivity contribution in [3.63, 3.8) is 0 Å². The molecule has 0 spiro atoms. The standard InChI is InChI=1S/C12H13N5O2S/c1-2-10(18)9-5-17(16-14-9)6-11-13-12(19-15-11)8-3-4-20-7-8/h3-5,7,10,18H,2,6H2,1H3. The zero-order chi connectivity index (χ0) is 13.9. The zero-order valence-corrected chi connectivity index (χ0v) is 11.6. The number of aliphatic hydroxyl groups excluding tert-OH is 1. The Morgan fingerprint density at radius 1 is 1.50 bits per heavy atom. The van der Waals surface area contributed by atoms with Gasteiger partial charge in [0.25, 0.3) is 5.89 Å². The summed E-state index contributed by atoms with van der Waals surface area (Å²) in [5.41, 5.74) is 1.46. The van der Waals surface area contributed by atoms with Gasteiger partial charge in [0.05, 0.1) is 17.9 Å². The number of rotatable bonds is 5. The van der Waals surface area contributed by atoms with E-state index in [0.29, 0.717) is 30.4 Å². The van der Waals surface area contributed by atoms with Gasteiger partial charge in [-0.05, 0) is 17.9 Å². The van der Waals surface area contributed by atoms with Crippen LogP contribution in [0.3, 0.4) is 0 Å².